The van der Waals surface area contributed by atoms with Gasteiger partial charge in [0.25, 0.3) is 0 Å². The normalized spacial score (nSPS) is 10.2. The van der Waals surface area contributed by atoms with Crippen LogP contribution in [0.4, 0.5) is 0 Å². The van der Waals surface area contributed by atoms with Crippen LogP contribution in [0.1, 0.15) is 37.3 Å². The molecule has 0 amide bonds. The van der Waals surface area contributed by atoms with Gasteiger partial charge in [-0.05, 0) is 17.5 Å². The van der Waals surface area contributed by atoms with Crippen LogP contribution in [0.2, 0.25) is 0 Å². The smallest absolute Gasteiger partial charge is 0.550 e. The van der Waals surface area contributed by atoms with Crippen LogP contribution in [-0.2, 0) is 11.2 Å². The van der Waals surface area contributed by atoms with E-state index in [1.54, 1.807) is 6.07 Å². The Bertz CT molecular complexity index is 372. The molecule has 0 saturated carbocycles. The third-order valence-corrected chi connectivity index (χ3v) is 2.33. The molecule has 0 heterocycles. The van der Waals surface area contributed by atoms with Crippen LogP contribution in [0.3, 0.4) is 0 Å². The van der Waals surface area contributed by atoms with Gasteiger partial charge in [-0.1, -0.05) is 56.2 Å². The van der Waals surface area contributed by atoms with Gasteiger partial charge in [0, 0.05) is 12.4 Å². The van der Waals surface area contributed by atoms with Crippen molar-refractivity contribution >= 4 is 12.0 Å². The molecule has 0 N–H and O–H groups in total. The molecule has 0 fully saturated rings. The second kappa shape index (κ2) is 9.46. The average Bonchev–Trinajstić information content (AvgIpc) is 2.24. The monoisotopic (exact) mass is 240 g/mol. The molecule has 1 aromatic carbocycles. The number of carbonyl (C=O) groups is 1. The molecule has 0 aliphatic rings. The minimum atomic E-state index is -1.04. The largest absolute Gasteiger partial charge is 1.00 e. The van der Waals surface area contributed by atoms with Gasteiger partial charge in [-0.25, -0.2) is 0 Å². The fourth-order valence-corrected chi connectivity index (χ4v) is 1.51. The number of allylic oxidation sites excluding steroid dienone is 1. The third-order valence-electron chi connectivity index (χ3n) is 2.33. The van der Waals surface area contributed by atoms with E-state index in [9.17, 15) is 9.90 Å². The van der Waals surface area contributed by atoms with Crippen LogP contribution in [-0.4, -0.2) is 5.97 Å². The maximum atomic E-state index is 10.5. The zero-order chi connectivity index (χ0) is 11.8. The van der Waals surface area contributed by atoms with E-state index in [0.717, 1.165) is 17.5 Å². The summed E-state index contributed by atoms with van der Waals surface area (Å²) in [5, 5.41) is 10.5. The van der Waals surface area contributed by atoms with Gasteiger partial charge in [0.05, 0.1) is 0 Å². The number of hydrogen-bond acceptors (Lipinski definition) is 2. The van der Waals surface area contributed by atoms with E-state index in [2.05, 4.69) is 13.0 Å². The Balaban J connectivity index is 0.00000256. The summed E-state index contributed by atoms with van der Waals surface area (Å²) in [7, 11) is 0. The summed E-state index contributed by atoms with van der Waals surface area (Å²) < 4.78 is 0. The van der Waals surface area contributed by atoms with Crippen LogP contribution < -0.4 is 34.7 Å². The van der Waals surface area contributed by atoms with Crippen molar-refractivity contribution in [2.75, 3.05) is 0 Å². The maximum Gasteiger partial charge on any atom is 1.00 e. The first-order valence-electron chi connectivity index (χ1n) is 5.67. The fraction of sp³-hybridized carbons (Fsp3) is 0.357. The first kappa shape index (κ1) is 16.4. The first-order chi connectivity index (χ1) is 7.72. The molecule has 1 rings (SSSR count). The van der Waals surface area contributed by atoms with Crippen LogP contribution in [0.25, 0.3) is 6.08 Å². The van der Waals surface area contributed by atoms with E-state index in [1.165, 1.54) is 12.8 Å². The molecule has 1 aromatic rings. The number of carboxylic acids is 1. The molecular formula is C14H17NaO2. The number of carbonyl (C=O) groups excluding carboxylic acids is 1. The number of carboxylic acid groups (broad SMARTS) is 1. The van der Waals surface area contributed by atoms with Crippen LogP contribution in [0, 0.1) is 0 Å². The van der Waals surface area contributed by atoms with Gasteiger partial charge < -0.3 is 9.90 Å². The second-order valence-corrected chi connectivity index (χ2v) is 3.84. The molecule has 0 atom stereocenters. The van der Waals surface area contributed by atoms with Gasteiger partial charge >= 0.3 is 29.6 Å². The molecule has 3 heteroatoms. The molecule has 0 bridgehead atoms. The van der Waals surface area contributed by atoms with Crippen molar-refractivity contribution in [1.29, 1.82) is 0 Å². The van der Waals surface area contributed by atoms with Gasteiger partial charge in [-0.3, -0.25) is 0 Å². The van der Waals surface area contributed by atoms with Crippen molar-refractivity contribution < 1.29 is 39.5 Å². The minimum absolute atomic E-state index is 0. The summed E-state index contributed by atoms with van der Waals surface area (Å²) in [6.45, 7) is 2.16. The van der Waals surface area contributed by atoms with Crippen molar-refractivity contribution in [3.63, 3.8) is 0 Å². The van der Waals surface area contributed by atoms with Crippen LogP contribution in [0.15, 0.2) is 30.3 Å². The number of rotatable bonds is 6. The van der Waals surface area contributed by atoms with E-state index in [4.69, 9.17) is 0 Å². The zero-order valence-corrected chi connectivity index (χ0v) is 12.6. The maximum absolute atomic E-state index is 10.5. The van der Waals surface area contributed by atoms with Crippen molar-refractivity contribution in [3.8, 4) is 0 Å². The molecule has 0 aliphatic carbocycles. The van der Waals surface area contributed by atoms with Gasteiger partial charge in [-0.2, -0.15) is 0 Å². The Morgan fingerprint density at radius 2 is 2.18 bits per heavy atom. The topological polar surface area (TPSA) is 40.1 Å². The third kappa shape index (κ3) is 7.37. The van der Waals surface area contributed by atoms with E-state index >= 15 is 0 Å². The van der Waals surface area contributed by atoms with Crippen LogP contribution in [0.5, 0.6) is 0 Å². The fourth-order valence-electron chi connectivity index (χ4n) is 1.51. The van der Waals surface area contributed by atoms with E-state index in [0.29, 0.717) is 0 Å². The predicted molar refractivity (Wildman–Crippen MR) is 63.7 cm³/mol. The molecule has 17 heavy (non-hydrogen) atoms. The predicted octanol–water partition coefficient (Wildman–Crippen LogP) is -0.814. The van der Waals surface area contributed by atoms with Gasteiger partial charge in [-0.15, -0.1) is 0 Å². The molecule has 86 valence electrons. The molecule has 0 spiro atoms. The molecule has 2 nitrogen and oxygen atoms in total. The Labute approximate surface area is 125 Å². The summed E-state index contributed by atoms with van der Waals surface area (Å²) in [4.78, 5) is 10.5. The number of aliphatic carboxylic acids is 1. The quantitative estimate of drug-likeness (QED) is 0.482. The van der Waals surface area contributed by atoms with Crippen LogP contribution >= 0.6 is 0 Å². The van der Waals surface area contributed by atoms with Gasteiger partial charge in [0.15, 0.2) is 0 Å². The summed E-state index contributed by atoms with van der Waals surface area (Å²) in [5.41, 5.74) is 1.84. The standard InChI is InChI=1S/C14H18O2.Na/c1-2-3-4-5-7-12-8-6-9-13(10-12)11-14(15)16;/h5-10H,2-4,11H2,1H3,(H,15,16);/q;+1/p-1. The first-order valence-corrected chi connectivity index (χ1v) is 5.67. The molecule has 0 radical (unpaired) electrons. The average molecular weight is 240 g/mol. The summed E-state index contributed by atoms with van der Waals surface area (Å²) >= 11 is 0. The number of benzene rings is 1. The molecule has 0 aromatic heterocycles. The Kier molecular flexibility index (Phi) is 9.14. The molecule has 0 unspecified atom stereocenters. The molecular weight excluding hydrogens is 223 g/mol. The molecule has 0 saturated heterocycles. The summed E-state index contributed by atoms with van der Waals surface area (Å²) in [5.74, 6) is -1.04. The SMILES string of the molecule is CCCCC=Cc1cccc(CC(=O)[O-])c1.[Na+]. The van der Waals surface area contributed by atoms with E-state index in [1.807, 2.05) is 24.3 Å². The zero-order valence-electron chi connectivity index (χ0n) is 10.6. The Morgan fingerprint density at radius 1 is 1.41 bits per heavy atom. The number of unbranched alkanes of at least 4 members (excludes halogenated alkanes) is 2. The summed E-state index contributed by atoms with van der Waals surface area (Å²) in [6.07, 6.45) is 7.60. The molecule has 0 aliphatic heterocycles. The van der Waals surface area contributed by atoms with Crippen molar-refractivity contribution in [1.82, 2.24) is 0 Å². The van der Waals surface area contributed by atoms with Crippen molar-refractivity contribution in [2.45, 2.75) is 32.6 Å². The van der Waals surface area contributed by atoms with E-state index < -0.39 is 5.97 Å². The Morgan fingerprint density at radius 3 is 2.82 bits per heavy atom. The Hall–Kier alpha value is -0.570. The number of hydrogen-bond donors (Lipinski definition) is 0. The van der Waals surface area contributed by atoms with Crippen molar-refractivity contribution in [2.24, 2.45) is 0 Å². The summed E-state index contributed by atoms with van der Waals surface area (Å²) in [6, 6.07) is 7.54. The van der Waals surface area contributed by atoms with E-state index in [-0.39, 0.29) is 36.0 Å². The minimum Gasteiger partial charge on any atom is -0.550 e. The van der Waals surface area contributed by atoms with Gasteiger partial charge in [0.2, 0.25) is 0 Å². The van der Waals surface area contributed by atoms with Crippen molar-refractivity contribution in [3.05, 3.63) is 41.5 Å². The second-order valence-electron chi connectivity index (χ2n) is 3.84. The van der Waals surface area contributed by atoms with Gasteiger partial charge in [0.1, 0.15) is 0 Å².